The molecular formula is C8H14F2N2O. The first kappa shape index (κ1) is 10.4. The van der Waals surface area contributed by atoms with Crippen LogP contribution >= 0.6 is 0 Å². The monoisotopic (exact) mass is 192 g/mol. The van der Waals surface area contributed by atoms with Gasteiger partial charge in [-0.1, -0.05) is 0 Å². The predicted molar refractivity (Wildman–Crippen MR) is 44.6 cm³/mol. The van der Waals surface area contributed by atoms with Crippen molar-refractivity contribution in [2.45, 2.75) is 19.3 Å². The van der Waals surface area contributed by atoms with Crippen LogP contribution in [0, 0.1) is 5.92 Å². The van der Waals surface area contributed by atoms with E-state index in [9.17, 15) is 13.6 Å². The molecule has 0 aromatic carbocycles. The van der Waals surface area contributed by atoms with Crippen molar-refractivity contribution >= 4 is 5.91 Å². The third-order valence-corrected chi connectivity index (χ3v) is 1.87. The maximum Gasteiger partial charge on any atom is 0.250 e. The highest BCUT2D eigenvalue weighted by Gasteiger charge is 2.21. The normalized spacial score (nSPS) is 16.2. The molecule has 0 aliphatic heterocycles. The maximum atomic E-state index is 11.6. The van der Waals surface area contributed by atoms with Crippen LogP contribution in [0.3, 0.4) is 0 Å². The van der Waals surface area contributed by atoms with Crippen molar-refractivity contribution in [1.29, 1.82) is 0 Å². The summed E-state index contributed by atoms with van der Waals surface area (Å²) < 4.78 is 23.2. The molecule has 0 bridgehead atoms. The Bertz CT molecular complexity index is 172. The highest BCUT2D eigenvalue weighted by atomic mass is 19.3. The highest BCUT2D eigenvalue weighted by Crippen LogP contribution is 2.27. The van der Waals surface area contributed by atoms with Gasteiger partial charge in [0.1, 0.15) is 0 Å². The fourth-order valence-electron chi connectivity index (χ4n) is 0.937. The van der Waals surface area contributed by atoms with E-state index in [1.54, 1.807) is 0 Å². The average molecular weight is 192 g/mol. The summed E-state index contributed by atoms with van der Waals surface area (Å²) in [6.45, 7) is 0.253. The molecule has 1 saturated carbocycles. The van der Waals surface area contributed by atoms with Gasteiger partial charge in [-0.3, -0.25) is 4.79 Å². The van der Waals surface area contributed by atoms with Crippen molar-refractivity contribution < 1.29 is 13.6 Å². The third-order valence-electron chi connectivity index (χ3n) is 1.87. The molecule has 0 saturated heterocycles. The average Bonchev–Trinajstić information content (AvgIpc) is 2.83. The first-order valence-electron chi connectivity index (χ1n) is 4.44. The number of hydrogen-bond donors (Lipinski definition) is 2. The van der Waals surface area contributed by atoms with Crippen LogP contribution in [0.5, 0.6) is 0 Å². The zero-order chi connectivity index (χ0) is 9.68. The molecule has 0 radical (unpaired) electrons. The van der Waals surface area contributed by atoms with Crippen LogP contribution in [0.4, 0.5) is 8.78 Å². The molecule has 1 rings (SSSR count). The summed E-state index contributed by atoms with van der Waals surface area (Å²) in [5, 5.41) is 5.04. The summed E-state index contributed by atoms with van der Waals surface area (Å²) in [4.78, 5) is 10.9. The lowest BCUT2D eigenvalue weighted by Gasteiger charge is -2.04. The number of rotatable bonds is 6. The molecule has 76 valence electrons. The summed E-state index contributed by atoms with van der Waals surface area (Å²) in [5.74, 6) is 0.423. The Morgan fingerprint density at radius 2 is 2.15 bits per heavy atom. The molecule has 5 heteroatoms. The summed E-state index contributed by atoms with van der Waals surface area (Å²) in [6.07, 6.45) is -0.0496. The van der Waals surface area contributed by atoms with Crippen LogP contribution in [0.1, 0.15) is 12.8 Å². The van der Waals surface area contributed by atoms with Gasteiger partial charge in [-0.2, -0.15) is 0 Å². The van der Waals surface area contributed by atoms with E-state index in [1.807, 2.05) is 0 Å². The van der Waals surface area contributed by atoms with Crippen molar-refractivity contribution in [1.82, 2.24) is 10.6 Å². The number of amides is 1. The predicted octanol–water partition coefficient (Wildman–Crippen LogP) is 0.367. The number of alkyl halides is 2. The number of carbonyl (C=O) groups excluding carboxylic acids is 1. The van der Waals surface area contributed by atoms with E-state index in [4.69, 9.17) is 0 Å². The molecule has 3 nitrogen and oxygen atoms in total. The molecule has 13 heavy (non-hydrogen) atoms. The molecular weight excluding hydrogens is 178 g/mol. The molecule has 0 aromatic heterocycles. The summed E-state index contributed by atoms with van der Waals surface area (Å²) in [6, 6.07) is 0. The maximum absolute atomic E-state index is 11.6. The van der Waals surface area contributed by atoms with Crippen molar-refractivity contribution in [3.05, 3.63) is 0 Å². The van der Waals surface area contributed by atoms with E-state index in [0.717, 1.165) is 0 Å². The minimum atomic E-state index is -2.39. The second-order valence-electron chi connectivity index (χ2n) is 3.27. The van der Waals surface area contributed by atoms with E-state index >= 15 is 0 Å². The van der Waals surface area contributed by atoms with Crippen molar-refractivity contribution in [3.8, 4) is 0 Å². The number of nitrogens with one attached hydrogen (secondary N) is 2. The lowest BCUT2D eigenvalue weighted by Crippen LogP contribution is -2.36. The van der Waals surface area contributed by atoms with Gasteiger partial charge in [0.2, 0.25) is 5.91 Å². The molecule has 0 heterocycles. The van der Waals surface area contributed by atoms with E-state index < -0.39 is 13.0 Å². The number of halogens is 2. The topological polar surface area (TPSA) is 41.1 Å². The quantitative estimate of drug-likeness (QED) is 0.638. The zero-order valence-corrected chi connectivity index (χ0v) is 7.35. The smallest absolute Gasteiger partial charge is 0.250 e. The molecule has 1 amide bonds. The van der Waals surface area contributed by atoms with Gasteiger partial charge in [0.05, 0.1) is 13.1 Å². The Hall–Kier alpha value is -0.710. The van der Waals surface area contributed by atoms with Gasteiger partial charge >= 0.3 is 0 Å². The molecule has 1 fully saturated rings. The van der Waals surface area contributed by atoms with Gasteiger partial charge in [0, 0.05) is 6.54 Å². The molecule has 1 aliphatic carbocycles. The molecule has 0 aromatic rings. The van der Waals surface area contributed by atoms with Gasteiger partial charge in [-0.15, -0.1) is 0 Å². The van der Waals surface area contributed by atoms with Crippen LogP contribution in [0.25, 0.3) is 0 Å². The second kappa shape index (κ2) is 5.11. The standard InChI is InChI=1S/C8H14F2N2O/c9-7(10)4-11-5-8(13)12-3-6-1-2-6/h6-7,11H,1-5H2,(H,12,13). The van der Waals surface area contributed by atoms with Crippen LogP contribution in [0.2, 0.25) is 0 Å². The van der Waals surface area contributed by atoms with E-state index in [0.29, 0.717) is 12.5 Å². The summed E-state index contributed by atoms with van der Waals surface area (Å²) >= 11 is 0. The fraction of sp³-hybridized carbons (Fsp3) is 0.875. The van der Waals surface area contributed by atoms with Gasteiger partial charge < -0.3 is 10.6 Å². The van der Waals surface area contributed by atoms with E-state index in [2.05, 4.69) is 10.6 Å². The van der Waals surface area contributed by atoms with Crippen molar-refractivity contribution in [2.24, 2.45) is 5.92 Å². The van der Waals surface area contributed by atoms with Crippen LogP contribution in [-0.2, 0) is 4.79 Å². The summed E-state index contributed by atoms with van der Waals surface area (Å²) in [5.41, 5.74) is 0. The summed E-state index contributed by atoms with van der Waals surface area (Å²) in [7, 11) is 0. The third kappa shape index (κ3) is 5.52. The second-order valence-corrected chi connectivity index (χ2v) is 3.27. The Morgan fingerprint density at radius 1 is 1.46 bits per heavy atom. The van der Waals surface area contributed by atoms with Gasteiger partial charge in [0.25, 0.3) is 6.43 Å². The van der Waals surface area contributed by atoms with Gasteiger partial charge in [-0.05, 0) is 18.8 Å². The first-order chi connectivity index (χ1) is 6.18. The minimum Gasteiger partial charge on any atom is -0.355 e. The molecule has 2 N–H and O–H groups in total. The minimum absolute atomic E-state index is 0.0168. The Balaban J connectivity index is 1.90. The Morgan fingerprint density at radius 3 is 2.69 bits per heavy atom. The lowest BCUT2D eigenvalue weighted by atomic mass is 10.4. The Kier molecular flexibility index (Phi) is 4.08. The van der Waals surface area contributed by atoms with Crippen LogP contribution < -0.4 is 10.6 Å². The van der Waals surface area contributed by atoms with Crippen molar-refractivity contribution in [3.63, 3.8) is 0 Å². The lowest BCUT2D eigenvalue weighted by molar-refractivity contribution is -0.120. The highest BCUT2D eigenvalue weighted by molar-refractivity contribution is 5.77. The first-order valence-corrected chi connectivity index (χ1v) is 4.44. The number of carbonyl (C=O) groups is 1. The van der Waals surface area contributed by atoms with E-state index in [-0.39, 0.29) is 12.5 Å². The van der Waals surface area contributed by atoms with E-state index in [1.165, 1.54) is 12.8 Å². The molecule has 0 spiro atoms. The Labute approximate surface area is 75.9 Å². The van der Waals surface area contributed by atoms with Crippen LogP contribution in [0.15, 0.2) is 0 Å². The number of hydrogen-bond acceptors (Lipinski definition) is 2. The van der Waals surface area contributed by atoms with Crippen molar-refractivity contribution in [2.75, 3.05) is 19.6 Å². The molecule has 0 atom stereocenters. The molecule has 1 aliphatic rings. The van der Waals surface area contributed by atoms with Gasteiger partial charge in [0.15, 0.2) is 0 Å². The molecule has 0 unspecified atom stereocenters. The zero-order valence-electron chi connectivity index (χ0n) is 7.35. The van der Waals surface area contributed by atoms with Gasteiger partial charge in [-0.25, -0.2) is 8.78 Å². The fourth-order valence-corrected chi connectivity index (χ4v) is 0.937. The largest absolute Gasteiger partial charge is 0.355 e. The van der Waals surface area contributed by atoms with Crippen LogP contribution in [-0.4, -0.2) is 32.0 Å². The SMILES string of the molecule is O=C(CNCC(F)F)NCC1CC1.